The Bertz CT molecular complexity index is 347. The van der Waals surface area contributed by atoms with Gasteiger partial charge in [0.05, 0.1) is 11.3 Å². The van der Waals surface area contributed by atoms with Gasteiger partial charge in [0.1, 0.15) is 6.07 Å². The van der Waals surface area contributed by atoms with Crippen LogP contribution in [0, 0.1) is 18.3 Å². The van der Waals surface area contributed by atoms with Gasteiger partial charge >= 0.3 is 0 Å². The summed E-state index contributed by atoms with van der Waals surface area (Å²) < 4.78 is 0. The van der Waals surface area contributed by atoms with Crippen molar-refractivity contribution < 1.29 is 0 Å². The van der Waals surface area contributed by atoms with E-state index in [1.807, 2.05) is 13.0 Å². The lowest BCUT2D eigenvalue weighted by Gasteiger charge is -1.96. The second kappa shape index (κ2) is 3.63. The van der Waals surface area contributed by atoms with Gasteiger partial charge in [-0.3, -0.25) is 9.98 Å². The number of hydrogen-bond acceptors (Lipinski definition) is 3. The molecule has 0 spiro atoms. The zero-order valence-electron chi connectivity index (χ0n) is 7.07. The second-order valence-corrected chi connectivity index (χ2v) is 2.42. The summed E-state index contributed by atoms with van der Waals surface area (Å²) in [6, 6.07) is 3.90. The fourth-order valence-electron chi connectivity index (χ4n) is 0.898. The molecule has 0 amide bonds. The first-order valence-electron chi connectivity index (χ1n) is 3.57. The molecule has 0 aliphatic rings. The number of hydrogen-bond donors (Lipinski definition) is 0. The standard InChI is InChI=1S/C9H9N3/c1-7-3-9(6-11-2)12-5-8(7)4-10/h3,5-6H,1-2H3/b11-6+. The molecule has 0 unspecified atom stereocenters. The van der Waals surface area contributed by atoms with Crippen molar-refractivity contribution in [2.75, 3.05) is 7.05 Å². The van der Waals surface area contributed by atoms with Crippen LogP contribution >= 0.6 is 0 Å². The lowest BCUT2D eigenvalue weighted by Crippen LogP contribution is -1.91. The first kappa shape index (κ1) is 8.41. The van der Waals surface area contributed by atoms with E-state index in [1.165, 1.54) is 0 Å². The van der Waals surface area contributed by atoms with Crippen molar-refractivity contribution in [1.29, 1.82) is 5.26 Å². The molecule has 0 N–H and O–H groups in total. The van der Waals surface area contributed by atoms with Gasteiger partial charge in [0.15, 0.2) is 0 Å². The quantitative estimate of drug-likeness (QED) is 0.580. The Hall–Kier alpha value is -1.69. The van der Waals surface area contributed by atoms with E-state index in [0.717, 1.165) is 11.3 Å². The summed E-state index contributed by atoms with van der Waals surface area (Å²) in [5.41, 5.74) is 2.33. The summed E-state index contributed by atoms with van der Waals surface area (Å²) in [5, 5.41) is 8.62. The summed E-state index contributed by atoms with van der Waals surface area (Å²) in [4.78, 5) is 7.86. The minimum atomic E-state index is 0.614. The van der Waals surface area contributed by atoms with Crippen LogP contribution in [0.5, 0.6) is 0 Å². The maximum atomic E-state index is 8.62. The molecule has 0 radical (unpaired) electrons. The first-order valence-corrected chi connectivity index (χ1v) is 3.57. The predicted octanol–water partition coefficient (Wildman–Crippen LogP) is 1.31. The minimum Gasteiger partial charge on any atom is -0.294 e. The van der Waals surface area contributed by atoms with Crippen LogP contribution in [0.3, 0.4) is 0 Å². The van der Waals surface area contributed by atoms with E-state index in [-0.39, 0.29) is 0 Å². The van der Waals surface area contributed by atoms with Crippen molar-refractivity contribution in [1.82, 2.24) is 4.98 Å². The van der Waals surface area contributed by atoms with Crippen LogP contribution in [0.1, 0.15) is 16.8 Å². The van der Waals surface area contributed by atoms with Crippen molar-refractivity contribution in [3.8, 4) is 6.07 Å². The number of pyridine rings is 1. The monoisotopic (exact) mass is 159 g/mol. The molecule has 12 heavy (non-hydrogen) atoms. The molecule has 60 valence electrons. The van der Waals surface area contributed by atoms with Crippen LogP contribution in [-0.2, 0) is 0 Å². The zero-order valence-corrected chi connectivity index (χ0v) is 7.07. The topological polar surface area (TPSA) is 49.0 Å². The van der Waals surface area contributed by atoms with Crippen LogP contribution in [0.2, 0.25) is 0 Å². The van der Waals surface area contributed by atoms with Crippen molar-refractivity contribution >= 4 is 6.21 Å². The molecule has 0 aromatic carbocycles. The molecule has 1 aromatic rings. The molecule has 0 aliphatic carbocycles. The van der Waals surface area contributed by atoms with Crippen LogP contribution in [0.4, 0.5) is 0 Å². The zero-order chi connectivity index (χ0) is 8.97. The Kier molecular flexibility index (Phi) is 2.54. The van der Waals surface area contributed by atoms with Gasteiger partial charge < -0.3 is 0 Å². The number of nitriles is 1. The molecule has 1 rings (SSSR count). The molecule has 1 aromatic heterocycles. The lowest BCUT2D eigenvalue weighted by atomic mass is 10.1. The van der Waals surface area contributed by atoms with Gasteiger partial charge in [-0.25, -0.2) is 0 Å². The summed E-state index contributed by atoms with van der Waals surface area (Å²) in [6.07, 6.45) is 3.22. The van der Waals surface area contributed by atoms with E-state index in [1.54, 1.807) is 19.5 Å². The van der Waals surface area contributed by atoms with E-state index in [0.29, 0.717) is 5.56 Å². The normalized spacial score (nSPS) is 10.1. The molecule has 0 atom stereocenters. The average Bonchev–Trinajstić information content (AvgIpc) is 2.05. The Morgan fingerprint density at radius 1 is 1.67 bits per heavy atom. The Morgan fingerprint density at radius 2 is 2.42 bits per heavy atom. The van der Waals surface area contributed by atoms with Gasteiger partial charge in [0, 0.05) is 19.5 Å². The van der Waals surface area contributed by atoms with Gasteiger partial charge in [-0.2, -0.15) is 5.26 Å². The van der Waals surface area contributed by atoms with Crippen LogP contribution in [0.15, 0.2) is 17.3 Å². The van der Waals surface area contributed by atoms with Gasteiger partial charge in [0.2, 0.25) is 0 Å². The third-order valence-corrected chi connectivity index (χ3v) is 1.51. The van der Waals surface area contributed by atoms with Crippen LogP contribution in [0.25, 0.3) is 0 Å². The summed E-state index contributed by atoms with van der Waals surface area (Å²) >= 11 is 0. The van der Waals surface area contributed by atoms with Crippen LogP contribution < -0.4 is 0 Å². The maximum absolute atomic E-state index is 8.62. The molecule has 3 heteroatoms. The third-order valence-electron chi connectivity index (χ3n) is 1.51. The highest BCUT2D eigenvalue weighted by Crippen LogP contribution is 2.04. The fourth-order valence-corrected chi connectivity index (χ4v) is 0.898. The Balaban J connectivity index is 3.12. The van der Waals surface area contributed by atoms with Crippen molar-refractivity contribution in [3.05, 3.63) is 29.1 Å². The predicted molar refractivity (Wildman–Crippen MR) is 47.2 cm³/mol. The Morgan fingerprint density at radius 3 is 2.92 bits per heavy atom. The highest BCUT2D eigenvalue weighted by Gasteiger charge is 1.97. The summed E-state index contributed by atoms with van der Waals surface area (Å²) in [6.45, 7) is 1.88. The molecule has 0 fully saturated rings. The number of aromatic nitrogens is 1. The molecule has 0 bridgehead atoms. The molecular weight excluding hydrogens is 150 g/mol. The smallest absolute Gasteiger partial charge is 0.101 e. The number of rotatable bonds is 1. The summed E-state index contributed by atoms with van der Waals surface area (Å²) in [7, 11) is 1.69. The number of aliphatic imine (C=N–C) groups is 1. The molecular formula is C9H9N3. The molecule has 0 saturated heterocycles. The molecule has 1 heterocycles. The van der Waals surface area contributed by atoms with Gasteiger partial charge in [0.25, 0.3) is 0 Å². The lowest BCUT2D eigenvalue weighted by molar-refractivity contribution is 1.23. The maximum Gasteiger partial charge on any atom is 0.101 e. The molecule has 0 aliphatic heterocycles. The Labute approximate surface area is 71.4 Å². The highest BCUT2D eigenvalue weighted by molar-refractivity contribution is 5.77. The molecule has 3 nitrogen and oxygen atoms in total. The average molecular weight is 159 g/mol. The van der Waals surface area contributed by atoms with Gasteiger partial charge in [-0.05, 0) is 18.6 Å². The second-order valence-electron chi connectivity index (χ2n) is 2.42. The SMILES string of the molecule is C/N=C/c1cc(C)c(C#N)cn1. The van der Waals surface area contributed by atoms with E-state index in [9.17, 15) is 0 Å². The summed E-state index contributed by atoms with van der Waals surface area (Å²) in [5.74, 6) is 0. The van der Waals surface area contributed by atoms with Gasteiger partial charge in [-0.1, -0.05) is 0 Å². The number of aryl methyl sites for hydroxylation is 1. The van der Waals surface area contributed by atoms with E-state index in [4.69, 9.17) is 5.26 Å². The van der Waals surface area contributed by atoms with Crippen LogP contribution in [-0.4, -0.2) is 18.2 Å². The van der Waals surface area contributed by atoms with Gasteiger partial charge in [-0.15, -0.1) is 0 Å². The third kappa shape index (κ3) is 1.67. The minimum absolute atomic E-state index is 0.614. The number of nitrogens with zero attached hydrogens (tertiary/aromatic N) is 3. The van der Waals surface area contributed by atoms with Crippen molar-refractivity contribution in [2.45, 2.75) is 6.92 Å². The largest absolute Gasteiger partial charge is 0.294 e. The highest BCUT2D eigenvalue weighted by atomic mass is 14.7. The van der Waals surface area contributed by atoms with E-state index in [2.05, 4.69) is 16.0 Å². The molecule has 0 saturated carbocycles. The van der Waals surface area contributed by atoms with Crippen molar-refractivity contribution in [3.63, 3.8) is 0 Å². The van der Waals surface area contributed by atoms with E-state index >= 15 is 0 Å². The van der Waals surface area contributed by atoms with Crippen molar-refractivity contribution in [2.24, 2.45) is 4.99 Å². The van der Waals surface area contributed by atoms with E-state index < -0.39 is 0 Å². The fraction of sp³-hybridized carbons (Fsp3) is 0.222. The first-order chi connectivity index (χ1) is 5.77.